The highest BCUT2D eigenvalue weighted by atomic mass is 16.5. The highest BCUT2D eigenvalue weighted by Crippen LogP contribution is 2.25. The van der Waals surface area contributed by atoms with E-state index in [1.54, 1.807) is 14.2 Å². The first-order valence-corrected chi connectivity index (χ1v) is 9.00. The van der Waals surface area contributed by atoms with Crippen molar-refractivity contribution in [2.24, 2.45) is 0 Å². The van der Waals surface area contributed by atoms with Gasteiger partial charge < -0.3 is 13.9 Å². The summed E-state index contributed by atoms with van der Waals surface area (Å²) in [5.41, 5.74) is 3.40. The van der Waals surface area contributed by atoms with Crippen LogP contribution in [0.4, 0.5) is 0 Å². The number of rotatable bonds is 4. The van der Waals surface area contributed by atoms with Crippen molar-refractivity contribution in [1.29, 1.82) is 0 Å². The summed E-state index contributed by atoms with van der Waals surface area (Å²) in [4.78, 5) is 0. The minimum atomic E-state index is 0.458. The van der Waals surface area contributed by atoms with Gasteiger partial charge in [0.1, 0.15) is 11.5 Å². The van der Waals surface area contributed by atoms with Gasteiger partial charge in [0.25, 0.3) is 0 Å². The van der Waals surface area contributed by atoms with Crippen LogP contribution in [-0.4, -0.2) is 24.4 Å². The van der Waals surface area contributed by atoms with Crippen molar-refractivity contribution in [2.45, 2.75) is 0 Å². The first-order valence-electron chi connectivity index (χ1n) is 9.00. The molecule has 5 nitrogen and oxygen atoms in total. The minimum Gasteiger partial charge on any atom is -0.497 e. The second kappa shape index (κ2) is 8.32. The van der Waals surface area contributed by atoms with E-state index in [1.807, 2.05) is 72.8 Å². The molecule has 0 atom stereocenters. The van der Waals surface area contributed by atoms with Crippen molar-refractivity contribution in [3.8, 4) is 46.2 Å². The van der Waals surface area contributed by atoms with Crippen LogP contribution in [0.2, 0.25) is 0 Å². The second-order valence-corrected chi connectivity index (χ2v) is 6.17. The Kier molecular flexibility index (Phi) is 5.26. The number of benzene rings is 3. The molecule has 0 unspecified atom stereocenters. The van der Waals surface area contributed by atoms with Gasteiger partial charge in [-0.25, -0.2) is 0 Å². The SMILES string of the molecule is COc1ccc(-c2nnc(-c3ccc(C#Cc4ccccc4OC)cc3)o2)cc1. The molecule has 0 saturated carbocycles. The van der Waals surface area contributed by atoms with Crippen molar-refractivity contribution in [3.05, 3.63) is 83.9 Å². The molecule has 3 aromatic carbocycles. The third-order valence-corrected chi connectivity index (χ3v) is 4.34. The largest absolute Gasteiger partial charge is 0.497 e. The molecule has 142 valence electrons. The molecule has 4 aromatic rings. The van der Waals surface area contributed by atoms with Gasteiger partial charge in [0.05, 0.1) is 19.8 Å². The second-order valence-electron chi connectivity index (χ2n) is 6.17. The van der Waals surface area contributed by atoms with Crippen LogP contribution in [0.3, 0.4) is 0 Å². The topological polar surface area (TPSA) is 57.4 Å². The highest BCUT2D eigenvalue weighted by Gasteiger charge is 2.10. The predicted octanol–water partition coefficient (Wildman–Crippen LogP) is 4.82. The summed E-state index contributed by atoms with van der Waals surface area (Å²) in [5.74, 6) is 8.74. The molecule has 0 bridgehead atoms. The molecule has 0 saturated heterocycles. The summed E-state index contributed by atoms with van der Waals surface area (Å²) >= 11 is 0. The van der Waals surface area contributed by atoms with Gasteiger partial charge >= 0.3 is 0 Å². The maximum atomic E-state index is 5.81. The lowest BCUT2D eigenvalue weighted by Crippen LogP contribution is -1.86. The number of ether oxygens (including phenoxy) is 2. The molecule has 0 aliphatic carbocycles. The van der Waals surface area contributed by atoms with E-state index >= 15 is 0 Å². The summed E-state index contributed by atoms with van der Waals surface area (Å²) in [6.45, 7) is 0. The van der Waals surface area contributed by atoms with Gasteiger partial charge in [-0.1, -0.05) is 24.0 Å². The molecule has 0 aliphatic heterocycles. The summed E-state index contributed by atoms with van der Waals surface area (Å²) in [7, 11) is 3.27. The van der Waals surface area contributed by atoms with E-state index in [1.165, 1.54) is 0 Å². The zero-order valence-electron chi connectivity index (χ0n) is 16.0. The van der Waals surface area contributed by atoms with Crippen LogP contribution < -0.4 is 9.47 Å². The first-order chi connectivity index (χ1) is 14.3. The van der Waals surface area contributed by atoms with Crippen LogP contribution >= 0.6 is 0 Å². The van der Waals surface area contributed by atoms with E-state index in [2.05, 4.69) is 22.0 Å². The van der Waals surface area contributed by atoms with E-state index in [0.29, 0.717) is 11.8 Å². The lowest BCUT2D eigenvalue weighted by molar-refractivity contribution is 0.413. The molecule has 0 amide bonds. The third kappa shape index (κ3) is 4.12. The van der Waals surface area contributed by atoms with Crippen molar-refractivity contribution in [1.82, 2.24) is 10.2 Å². The number of methoxy groups -OCH3 is 2. The summed E-state index contributed by atoms with van der Waals surface area (Å²) in [6.07, 6.45) is 0. The molecule has 29 heavy (non-hydrogen) atoms. The molecular weight excluding hydrogens is 364 g/mol. The lowest BCUT2D eigenvalue weighted by atomic mass is 10.1. The van der Waals surface area contributed by atoms with Gasteiger partial charge in [0, 0.05) is 16.7 Å². The zero-order valence-corrected chi connectivity index (χ0v) is 16.0. The highest BCUT2D eigenvalue weighted by molar-refractivity contribution is 5.60. The molecule has 5 heteroatoms. The van der Waals surface area contributed by atoms with Crippen LogP contribution in [-0.2, 0) is 0 Å². The average molecular weight is 382 g/mol. The molecule has 0 spiro atoms. The first kappa shape index (κ1) is 18.3. The van der Waals surface area contributed by atoms with Crippen LogP contribution in [0.25, 0.3) is 22.9 Å². The normalized spacial score (nSPS) is 10.1. The Morgan fingerprint density at radius 3 is 1.93 bits per heavy atom. The van der Waals surface area contributed by atoms with Crippen molar-refractivity contribution in [3.63, 3.8) is 0 Å². The number of hydrogen-bond acceptors (Lipinski definition) is 5. The summed E-state index contributed by atoms with van der Waals surface area (Å²) in [5, 5.41) is 8.29. The molecule has 1 aromatic heterocycles. The van der Waals surface area contributed by atoms with E-state index in [9.17, 15) is 0 Å². The van der Waals surface area contributed by atoms with Crippen LogP contribution in [0.15, 0.2) is 77.2 Å². The fraction of sp³-hybridized carbons (Fsp3) is 0.0833. The Balaban J connectivity index is 1.53. The maximum Gasteiger partial charge on any atom is 0.248 e. The van der Waals surface area contributed by atoms with Crippen molar-refractivity contribution < 1.29 is 13.9 Å². The van der Waals surface area contributed by atoms with Gasteiger partial charge in [-0.2, -0.15) is 0 Å². The Bertz CT molecular complexity index is 1170. The molecule has 0 fully saturated rings. The molecule has 0 N–H and O–H groups in total. The lowest BCUT2D eigenvalue weighted by Gasteiger charge is -2.01. The number of aromatic nitrogens is 2. The van der Waals surface area contributed by atoms with E-state index < -0.39 is 0 Å². The van der Waals surface area contributed by atoms with Gasteiger partial charge in [-0.15, -0.1) is 10.2 Å². The Labute approximate surface area is 168 Å². The number of para-hydroxylation sites is 1. The Morgan fingerprint density at radius 2 is 1.31 bits per heavy atom. The van der Waals surface area contributed by atoms with E-state index in [0.717, 1.165) is 33.8 Å². The van der Waals surface area contributed by atoms with Crippen molar-refractivity contribution in [2.75, 3.05) is 14.2 Å². The molecule has 0 radical (unpaired) electrons. The van der Waals surface area contributed by atoms with E-state index in [-0.39, 0.29) is 0 Å². The summed E-state index contributed by atoms with van der Waals surface area (Å²) in [6, 6.07) is 22.8. The number of hydrogen-bond donors (Lipinski definition) is 0. The fourth-order valence-corrected chi connectivity index (χ4v) is 2.77. The van der Waals surface area contributed by atoms with Gasteiger partial charge in [-0.05, 0) is 60.7 Å². The standard InChI is InChI=1S/C24H18N2O3/c1-27-21-15-13-20(14-16-21)24-26-25-23(29-24)19-11-8-17(9-12-19)7-10-18-5-3-4-6-22(18)28-2/h3-6,8-9,11-16H,1-2H3. The van der Waals surface area contributed by atoms with Crippen molar-refractivity contribution >= 4 is 0 Å². The van der Waals surface area contributed by atoms with Crippen LogP contribution in [0.5, 0.6) is 11.5 Å². The van der Waals surface area contributed by atoms with Gasteiger partial charge in [0.2, 0.25) is 11.8 Å². The summed E-state index contributed by atoms with van der Waals surface area (Å²) < 4.78 is 16.3. The molecule has 1 heterocycles. The molecule has 0 aliphatic rings. The minimum absolute atomic E-state index is 0.458. The zero-order chi connectivity index (χ0) is 20.1. The predicted molar refractivity (Wildman–Crippen MR) is 111 cm³/mol. The Morgan fingerprint density at radius 1 is 0.690 bits per heavy atom. The fourth-order valence-electron chi connectivity index (χ4n) is 2.77. The smallest absolute Gasteiger partial charge is 0.248 e. The molecule has 4 rings (SSSR count). The third-order valence-electron chi connectivity index (χ3n) is 4.34. The van der Waals surface area contributed by atoms with Crippen LogP contribution in [0.1, 0.15) is 11.1 Å². The monoisotopic (exact) mass is 382 g/mol. The van der Waals surface area contributed by atoms with E-state index in [4.69, 9.17) is 13.9 Å². The quantitative estimate of drug-likeness (QED) is 0.474. The van der Waals surface area contributed by atoms with Gasteiger partial charge in [-0.3, -0.25) is 0 Å². The average Bonchev–Trinajstić information content (AvgIpc) is 3.28. The molecular formula is C24H18N2O3. The maximum absolute atomic E-state index is 5.81. The van der Waals surface area contributed by atoms with Crippen LogP contribution in [0, 0.1) is 11.8 Å². The number of nitrogens with zero attached hydrogens (tertiary/aromatic N) is 2. The Hall–Kier alpha value is -4.04. The van der Waals surface area contributed by atoms with Gasteiger partial charge in [0.15, 0.2) is 0 Å².